The van der Waals surface area contributed by atoms with Gasteiger partial charge in [0.1, 0.15) is 11.3 Å². The predicted molar refractivity (Wildman–Crippen MR) is 62.0 cm³/mol. The van der Waals surface area contributed by atoms with E-state index in [9.17, 15) is 18.3 Å². The second-order valence-electron chi connectivity index (χ2n) is 3.66. The van der Waals surface area contributed by atoms with Crippen LogP contribution in [0.25, 0.3) is 0 Å². The van der Waals surface area contributed by atoms with Gasteiger partial charge in [0.15, 0.2) is 9.84 Å². The number of phenols is 1. The molecule has 1 aromatic carbocycles. The molecule has 1 aromatic rings. The summed E-state index contributed by atoms with van der Waals surface area (Å²) in [7, 11) is -3.47. The largest absolute Gasteiger partial charge is 0.507 e. The molecule has 0 aliphatic carbocycles. The van der Waals surface area contributed by atoms with E-state index in [1.165, 1.54) is 6.07 Å². The molecule has 17 heavy (non-hydrogen) atoms. The number of benzene rings is 1. The summed E-state index contributed by atoms with van der Waals surface area (Å²) in [6, 6.07) is 3.29. The quantitative estimate of drug-likeness (QED) is 0.838. The number of aromatic hydroxyl groups is 1. The number of carboxylic acids is 1. The fourth-order valence-electron chi connectivity index (χ4n) is 1.33. The number of carboxylic acid groups (broad SMARTS) is 1. The molecule has 0 bridgehead atoms. The molecule has 0 saturated heterocycles. The van der Waals surface area contributed by atoms with Gasteiger partial charge in [0.05, 0.1) is 10.6 Å². The average molecular weight is 258 g/mol. The predicted octanol–water partition coefficient (Wildman–Crippen LogP) is 1.66. The minimum atomic E-state index is -3.47. The van der Waals surface area contributed by atoms with Crippen molar-refractivity contribution in [3.05, 3.63) is 23.8 Å². The lowest BCUT2D eigenvalue weighted by Crippen LogP contribution is -2.08. The molecule has 0 aliphatic heterocycles. The molecule has 0 spiro atoms. The highest BCUT2D eigenvalue weighted by Crippen LogP contribution is 2.22. The number of aromatic carboxylic acids is 1. The molecule has 5 nitrogen and oxygen atoms in total. The van der Waals surface area contributed by atoms with E-state index in [2.05, 4.69) is 0 Å². The minimum absolute atomic E-state index is 0.0205. The van der Waals surface area contributed by atoms with Crippen LogP contribution in [0.3, 0.4) is 0 Å². The normalized spacial score (nSPS) is 11.4. The van der Waals surface area contributed by atoms with E-state index in [1.54, 1.807) is 0 Å². The summed E-state index contributed by atoms with van der Waals surface area (Å²) in [6.45, 7) is 1.87. The van der Waals surface area contributed by atoms with E-state index in [0.29, 0.717) is 6.42 Å². The van der Waals surface area contributed by atoms with Crippen LogP contribution in [0, 0.1) is 0 Å². The van der Waals surface area contributed by atoms with Crippen LogP contribution in [0.4, 0.5) is 0 Å². The van der Waals surface area contributed by atoms with Gasteiger partial charge in [-0.2, -0.15) is 0 Å². The van der Waals surface area contributed by atoms with Crippen LogP contribution in [0.2, 0.25) is 0 Å². The molecular weight excluding hydrogens is 244 g/mol. The van der Waals surface area contributed by atoms with Gasteiger partial charge < -0.3 is 10.2 Å². The molecule has 2 N–H and O–H groups in total. The maximum Gasteiger partial charge on any atom is 0.339 e. The topological polar surface area (TPSA) is 91.7 Å². The van der Waals surface area contributed by atoms with E-state index in [4.69, 9.17) is 5.11 Å². The van der Waals surface area contributed by atoms with Crippen LogP contribution < -0.4 is 0 Å². The monoisotopic (exact) mass is 258 g/mol. The third-order valence-corrected chi connectivity index (χ3v) is 4.12. The van der Waals surface area contributed by atoms with Gasteiger partial charge in [0.2, 0.25) is 0 Å². The Morgan fingerprint density at radius 2 is 2.00 bits per heavy atom. The highest BCUT2D eigenvalue weighted by molar-refractivity contribution is 7.91. The fourth-order valence-corrected chi connectivity index (χ4v) is 2.81. The fraction of sp³-hybridized carbons (Fsp3) is 0.364. The number of hydrogen-bond acceptors (Lipinski definition) is 4. The Morgan fingerprint density at radius 3 is 2.53 bits per heavy atom. The van der Waals surface area contributed by atoms with E-state index < -0.39 is 27.1 Å². The first-order valence-electron chi connectivity index (χ1n) is 5.17. The third-order valence-electron chi connectivity index (χ3n) is 2.32. The summed E-state index contributed by atoms with van der Waals surface area (Å²) in [5.41, 5.74) is -0.400. The summed E-state index contributed by atoms with van der Waals surface area (Å²) < 4.78 is 23.6. The van der Waals surface area contributed by atoms with Gasteiger partial charge in [-0.05, 0) is 24.6 Å². The minimum Gasteiger partial charge on any atom is -0.507 e. The van der Waals surface area contributed by atoms with Gasteiger partial charge in [-0.3, -0.25) is 0 Å². The van der Waals surface area contributed by atoms with Crippen molar-refractivity contribution in [1.29, 1.82) is 0 Å². The van der Waals surface area contributed by atoms with Gasteiger partial charge >= 0.3 is 5.97 Å². The molecule has 1 rings (SSSR count). The van der Waals surface area contributed by atoms with Crippen LogP contribution >= 0.6 is 0 Å². The zero-order valence-electron chi connectivity index (χ0n) is 9.38. The van der Waals surface area contributed by atoms with Crippen molar-refractivity contribution >= 4 is 15.8 Å². The third kappa shape index (κ3) is 3.20. The maximum absolute atomic E-state index is 11.8. The Kier molecular flexibility index (Phi) is 4.11. The number of hydrogen-bond donors (Lipinski definition) is 2. The SMILES string of the molecule is CCCCS(=O)(=O)c1ccc(O)c(C(=O)O)c1. The number of rotatable bonds is 5. The molecular formula is C11H14O5S. The highest BCUT2D eigenvalue weighted by Gasteiger charge is 2.18. The van der Waals surface area contributed by atoms with Gasteiger partial charge in [-0.25, -0.2) is 13.2 Å². The molecule has 0 heterocycles. The first-order valence-corrected chi connectivity index (χ1v) is 6.82. The van der Waals surface area contributed by atoms with Crippen molar-refractivity contribution in [3.8, 4) is 5.75 Å². The second kappa shape index (κ2) is 5.18. The number of unbranched alkanes of at least 4 members (excludes halogenated alkanes) is 1. The maximum atomic E-state index is 11.8. The lowest BCUT2D eigenvalue weighted by molar-refractivity contribution is 0.0693. The van der Waals surface area contributed by atoms with E-state index in [1.807, 2.05) is 6.92 Å². The molecule has 6 heteroatoms. The Labute approximate surface area is 99.6 Å². The lowest BCUT2D eigenvalue weighted by atomic mass is 10.2. The summed E-state index contributed by atoms with van der Waals surface area (Å²) in [6.07, 6.45) is 1.26. The second-order valence-corrected chi connectivity index (χ2v) is 5.77. The van der Waals surface area contributed by atoms with Crippen molar-refractivity contribution in [3.63, 3.8) is 0 Å². The highest BCUT2D eigenvalue weighted by atomic mass is 32.2. The molecule has 0 aliphatic rings. The molecule has 0 saturated carbocycles. The molecule has 0 radical (unpaired) electrons. The van der Waals surface area contributed by atoms with Crippen LogP contribution in [-0.4, -0.2) is 30.4 Å². The summed E-state index contributed by atoms with van der Waals surface area (Å²) in [5.74, 6) is -1.81. The van der Waals surface area contributed by atoms with E-state index in [-0.39, 0.29) is 10.6 Å². The van der Waals surface area contributed by atoms with Crippen LogP contribution in [0.5, 0.6) is 5.75 Å². The molecule has 94 valence electrons. The van der Waals surface area contributed by atoms with Crippen molar-refractivity contribution in [2.75, 3.05) is 5.75 Å². The van der Waals surface area contributed by atoms with E-state index in [0.717, 1.165) is 18.6 Å². The lowest BCUT2D eigenvalue weighted by Gasteiger charge is -2.05. The Balaban J connectivity index is 3.16. The van der Waals surface area contributed by atoms with Crippen LogP contribution in [0.1, 0.15) is 30.1 Å². The summed E-state index contributed by atoms with van der Waals surface area (Å²) in [4.78, 5) is 10.7. The average Bonchev–Trinajstić information content (AvgIpc) is 2.26. The molecule has 0 fully saturated rings. The van der Waals surface area contributed by atoms with Crippen molar-refractivity contribution in [2.45, 2.75) is 24.7 Å². The van der Waals surface area contributed by atoms with Gasteiger partial charge in [0, 0.05) is 0 Å². The molecule has 0 unspecified atom stereocenters. The zero-order valence-corrected chi connectivity index (χ0v) is 10.2. The molecule has 0 aromatic heterocycles. The van der Waals surface area contributed by atoms with Crippen molar-refractivity contribution < 1.29 is 23.4 Å². The smallest absolute Gasteiger partial charge is 0.339 e. The van der Waals surface area contributed by atoms with E-state index >= 15 is 0 Å². The molecule has 0 atom stereocenters. The molecule has 0 amide bonds. The number of sulfone groups is 1. The van der Waals surface area contributed by atoms with Crippen LogP contribution in [-0.2, 0) is 9.84 Å². The number of carbonyl (C=O) groups is 1. The Morgan fingerprint density at radius 1 is 1.35 bits per heavy atom. The first kappa shape index (κ1) is 13.5. The summed E-state index contributed by atoms with van der Waals surface area (Å²) in [5, 5.41) is 18.0. The van der Waals surface area contributed by atoms with Crippen molar-refractivity contribution in [2.24, 2.45) is 0 Å². The van der Waals surface area contributed by atoms with Crippen LogP contribution in [0.15, 0.2) is 23.1 Å². The van der Waals surface area contributed by atoms with Gasteiger partial charge in [-0.1, -0.05) is 13.3 Å². The van der Waals surface area contributed by atoms with Crippen molar-refractivity contribution in [1.82, 2.24) is 0 Å². The standard InChI is InChI=1S/C11H14O5S/c1-2-3-6-17(15,16)8-4-5-10(12)9(7-8)11(13)14/h4-5,7,12H,2-3,6H2,1H3,(H,13,14). The Hall–Kier alpha value is -1.56. The van der Waals surface area contributed by atoms with Gasteiger partial charge in [-0.15, -0.1) is 0 Å². The Bertz CT molecular complexity index is 519. The first-order chi connectivity index (χ1) is 7.88. The summed E-state index contributed by atoms with van der Waals surface area (Å²) >= 11 is 0. The van der Waals surface area contributed by atoms with Gasteiger partial charge in [0.25, 0.3) is 0 Å². The zero-order chi connectivity index (χ0) is 13.1.